The van der Waals surface area contributed by atoms with Crippen LogP contribution in [0.4, 0.5) is 5.69 Å². The van der Waals surface area contributed by atoms with Crippen LogP contribution in [0, 0.1) is 0 Å². The molecule has 0 radical (unpaired) electrons. The molecular weight excluding hydrogens is 366 g/mol. The maximum Gasteiger partial charge on any atom is 0.225 e. The minimum Gasteiger partial charge on any atom is -0.379 e. The van der Waals surface area contributed by atoms with Gasteiger partial charge in [-0.05, 0) is 30.5 Å². The molecule has 0 atom stereocenters. The van der Waals surface area contributed by atoms with E-state index in [1.807, 2.05) is 24.3 Å². The smallest absolute Gasteiger partial charge is 0.225 e. The molecule has 0 aromatic heterocycles. The van der Waals surface area contributed by atoms with Gasteiger partial charge in [-0.25, -0.2) is 4.99 Å². The highest BCUT2D eigenvalue weighted by Crippen LogP contribution is 2.17. The molecule has 1 amide bonds. The number of benzene rings is 1. The van der Waals surface area contributed by atoms with Gasteiger partial charge in [0.15, 0.2) is 5.96 Å². The average molecular weight is 402 g/mol. The van der Waals surface area contributed by atoms with Crippen molar-refractivity contribution >= 4 is 17.6 Å². The van der Waals surface area contributed by atoms with E-state index in [1.54, 1.807) is 0 Å². The van der Waals surface area contributed by atoms with E-state index >= 15 is 0 Å². The van der Waals surface area contributed by atoms with Gasteiger partial charge in [-0.1, -0.05) is 37.8 Å². The van der Waals surface area contributed by atoms with Gasteiger partial charge in [0.1, 0.15) is 0 Å². The highest BCUT2D eigenvalue weighted by molar-refractivity contribution is 5.90. The zero-order valence-corrected chi connectivity index (χ0v) is 17.4. The van der Waals surface area contributed by atoms with Crippen molar-refractivity contribution < 1.29 is 9.53 Å². The number of ether oxygens (including phenoxy) is 1. The molecule has 7 heteroatoms. The molecule has 0 bridgehead atoms. The number of nitrogens with two attached hydrogens (primary N) is 1. The van der Waals surface area contributed by atoms with E-state index in [0.717, 1.165) is 44.1 Å². The molecule has 1 aromatic rings. The predicted octanol–water partition coefficient (Wildman–Crippen LogP) is 2.47. The van der Waals surface area contributed by atoms with E-state index in [9.17, 15) is 4.79 Å². The summed E-state index contributed by atoms with van der Waals surface area (Å²) in [4.78, 5) is 19.0. The van der Waals surface area contributed by atoms with Crippen molar-refractivity contribution in [2.45, 2.75) is 57.5 Å². The van der Waals surface area contributed by atoms with Crippen molar-refractivity contribution in [1.82, 2.24) is 10.2 Å². The fourth-order valence-electron chi connectivity index (χ4n) is 3.91. The van der Waals surface area contributed by atoms with E-state index in [4.69, 9.17) is 10.5 Å². The first kappa shape index (κ1) is 21.6. The number of hydrogen-bond acceptors (Lipinski definition) is 4. The van der Waals surface area contributed by atoms with E-state index in [0.29, 0.717) is 25.0 Å². The summed E-state index contributed by atoms with van der Waals surface area (Å²) in [6.07, 6.45) is 7.99. The molecule has 1 saturated heterocycles. The number of anilines is 1. The van der Waals surface area contributed by atoms with Gasteiger partial charge in [-0.15, -0.1) is 0 Å². The van der Waals surface area contributed by atoms with Gasteiger partial charge < -0.3 is 21.1 Å². The largest absolute Gasteiger partial charge is 0.379 e. The summed E-state index contributed by atoms with van der Waals surface area (Å²) in [5.41, 5.74) is 7.92. The minimum atomic E-state index is 0.0340. The van der Waals surface area contributed by atoms with Gasteiger partial charge in [0.2, 0.25) is 5.91 Å². The first-order valence-electron chi connectivity index (χ1n) is 10.9. The number of aliphatic imine (C=N–C) groups is 1. The summed E-state index contributed by atoms with van der Waals surface area (Å²) in [6.45, 7) is 4.57. The summed E-state index contributed by atoms with van der Waals surface area (Å²) in [7, 11) is 0. The molecule has 1 aliphatic heterocycles. The standard InChI is InChI=1S/C22H35N5O2/c23-22(26-19-7-3-1-2-4-8-19)24-17-18-6-5-9-20(16-18)25-21(28)10-11-27-12-14-29-15-13-27/h5-6,9,16,19H,1-4,7-8,10-15,17H2,(H,25,28)(H3,23,24,26). The second-order valence-corrected chi connectivity index (χ2v) is 7.99. The summed E-state index contributed by atoms with van der Waals surface area (Å²) in [6, 6.07) is 8.27. The third-order valence-corrected chi connectivity index (χ3v) is 5.61. The van der Waals surface area contributed by atoms with Crippen LogP contribution in [0.15, 0.2) is 29.3 Å². The second kappa shape index (κ2) is 11.8. The molecule has 1 aromatic carbocycles. The fraction of sp³-hybridized carbons (Fsp3) is 0.636. The Labute approximate surface area is 174 Å². The molecule has 2 aliphatic rings. The third kappa shape index (κ3) is 8.03. The zero-order valence-electron chi connectivity index (χ0n) is 17.4. The van der Waals surface area contributed by atoms with Crippen molar-refractivity contribution in [3.05, 3.63) is 29.8 Å². The van der Waals surface area contributed by atoms with Crippen molar-refractivity contribution in [2.75, 3.05) is 38.2 Å². The van der Waals surface area contributed by atoms with Crippen LogP contribution in [0.3, 0.4) is 0 Å². The number of guanidine groups is 1. The van der Waals surface area contributed by atoms with Crippen LogP contribution in [0.25, 0.3) is 0 Å². The van der Waals surface area contributed by atoms with Crippen molar-refractivity contribution in [2.24, 2.45) is 10.7 Å². The molecule has 0 spiro atoms. The normalized spacial score (nSPS) is 19.5. The lowest BCUT2D eigenvalue weighted by Crippen LogP contribution is -2.39. The molecule has 4 N–H and O–H groups in total. The van der Waals surface area contributed by atoms with E-state index in [2.05, 4.69) is 20.5 Å². The molecule has 7 nitrogen and oxygen atoms in total. The maximum atomic E-state index is 12.3. The van der Waals surface area contributed by atoms with E-state index in [-0.39, 0.29) is 5.91 Å². The Kier molecular flexibility index (Phi) is 8.77. The van der Waals surface area contributed by atoms with Crippen LogP contribution in [0.2, 0.25) is 0 Å². The summed E-state index contributed by atoms with van der Waals surface area (Å²) in [5, 5.41) is 6.36. The topological polar surface area (TPSA) is 92.0 Å². The third-order valence-electron chi connectivity index (χ3n) is 5.61. The minimum absolute atomic E-state index is 0.0340. The summed E-state index contributed by atoms with van der Waals surface area (Å²) < 4.78 is 5.34. The SMILES string of the molecule is NC(=NCc1cccc(NC(=O)CCN2CCOCC2)c1)NC1CCCCCC1. The molecule has 1 aliphatic carbocycles. The molecule has 160 valence electrons. The van der Waals surface area contributed by atoms with Gasteiger partial charge in [0.05, 0.1) is 19.8 Å². The number of hydrogen-bond donors (Lipinski definition) is 3. The maximum absolute atomic E-state index is 12.3. The van der Waals surface area contributed by atoms with Crippen LogP contribution >= 0.6 is 0 Å². The van der Waals surface area contributed by atoms with Crippen molar-refractivity contribution in [3.8, 4) is 0 Å². The van der Waals surface area contributed by atoms with Crippen LogP contribution in [0.5, 0.6) is 0 Å². The number of carbonyl (C=O) groups is 1. The molecular formula is C22H35N5O2. The van der Waals surface area contributed by atoms with Gasteiger partial charge >= 0.3 is 0 Å². The lowest BCUT2D eigenvalue weighted by atomic mass is 10.1. The van der Waals surface area contributed by atoms with Gasteiger partial charge in [0, 0.05) is 37.8 Å². The molecule has 1 heterocycles. The Morgan fingerprint density at radius 3 is 2.69 bits per heavy atom. The van der Waals surface area contributed by atoms with Crippen LogP contribution in [-0.4, -0.2) is 55.7 Å². The van der Waals surface area contributed by atoms with Gasteiger partial charge in [-0.2, -0.15) is 0 Å². The van der Waals surface area contributed by atoms with Crippen molar-refractivity contribution in [3.63, 3.8) is 0 Å². The fourth-order valence-corrected chi connectivity index (χ4v) is 3.91. The lowest BCUT2D eigenvalue weighted by Gasteiger charge is -2.26. The zero-order chi connectivity index (χ0) is 20.3. The Bertz CT molecular complexity index is 665. The van der Waals surface area contributed by atoms with E-state index in [1.165, 1.54) is 38.5 Å². The van der Waals surface area contributed by atoms with Crippen molar-refractivity contribution in [1.29, 1.82) is 0 Å². The number of morpholine rings is 1. The number of amides is 1. The number of rotatable bonds is 7. The Morgan fingerprint density at radius 1 is 1.17 bits per heavy atom. The first-order valence-corrected chi connectivity index (χ1v) is 10.9. The monoisotopic (exact) mass is 401 g/mol. The van der Waals surface area contributed by atoms with Crippen LogP contribution in [0.1, 0.15) is 50.5 Å². The van der Waals surface area contributed by atoms with Gasteiger partial charge in [0.25, 0.3) is 0 Å². The lowest BCUT2D eigenvalue weighted by molar-refractivity contribution is -0.116. The highest BCUT2D eigenvalue weighted by Gasteiger charge is 2.13. The second-order valence-electron chi connectivity index (χ2n) is 7.99. The number of nitrogens with zero attached hydrogens (tertiary/aromatic N) is 2. The highest BCUT2D eigenvalue weighted by atomic mass is 16.5. The summed E-state index contributed by atoms with van der Waals surface area (Å²) in [5.74, 6) is 0.545. The van der Waals surface area contributed by atoms with Crippen LogP contribution in [-0.2, 0) is 16.1 Å². The Hall–Kier alpha value is -2.12. The number of nitrogens with one attached hydrogen (secondary N) is 2. The molecule has 3 rings (SSSR count). The van der Waals surface area contributed by atoms with E-state index < -0.39 is 0 Å². The summed E-state index contributed by atoms with van der Waals surface area (Å²) >= 11 is 0. The predicted molar refractivity (Wildman–Crippen MR) is 117 cm³/mol. The Morgan fingerprint density at radius 2 is 1.93 bits per heavy atom. The first-order chi connectivity index (χ1) is 14.2. The quantitative estimate of drug-likeness (QED) is 0.371. The molecule has 0 unspecified atom stereocenters. The molecule has 2 fully saturated rings. The Balaban J connectivity index is 1.43. The number of carbonyl (C=O) groups excluding carboxylic acids is 1. The molecule has 29 heavy (non-hydrogen) atoms. The van der Waals surface area contributed by atoms with Crippen LogP contribution < -0.4 is 16.4 Å². The van der Waals surface area contributed by atoms with Gasteiger partial charge in [-0.3, -0.25) is 9.69 Å². The molecule has 1 saturated carbocycles. The average Bonchev–Trinajstić information content (AvgIpc) is 3.00.